The molecule has 0 bridgehead atoms. The van der Waals surface area contributed by atoms with E-state index in [4.69, 9.17) is 9.52 Å². The van der Waals surface area contributed by atoms with Gasteiger partial charge in [-0.1, -0.05) is 42.5 Å². The fraction of sp³-hybridized carbons (Fsp3) is 0.241. The minimum atomic E-state index is 0.589. The van der Waals surface area contributed by atoms with Gasteiger partial charge in [0, 0.05) is 16.8 Å². The summed E-state index contributed by atoms with van der Waals surface area (Å²) in [6, 6.07) is 26.9. The molecule has 0 atom stereocenters. The fourth-order valence-corrected chi connectivity index (χ4v) is 4.82. The second-order valence-corrected chi connectivity index (χ2v) is 9.15. The number of hydrogen-bond donors (Lipinski definition) is 1. The van der Waals surface area contributed by atoms with Crippen molar-refractivity contribution in [2.75, 3.05) is 25.0 Å². The molecule has 6 nitrogen and oxygen atoms in total. The Labute approximate surface area is 205 Å². The summed E-state index contributed by atoms with van der Waals surface area (Å²) in [6.45, 7) is 3.75. The van der Waals surface area contributed by atoms with Gasteiger partial charge >= 0.3 is 0 Å². The Hall–Kier alpha value is -3.90. The Morgan fingerprint density at radius 1 is 0.829 bits per heavy atom. The van der Waals surface area contributed by atoms with Crippen LogP contribution in [0.25, 0.3) is 28.2 Å². The van der Waals surface area contributed by atoms with Gasteiger partial charge in [0.2, 0.25) is 5.95 Å². The van der Waals surface area contributed by atoms with Gasteiger partial charge in [-0.15, -0.1) is 5.10 Å². The highest BCUT2D eigenvalue weighted by Gasteiger charge is 2.12. The van der Waals surface area contributed by atoms with Gasteiger partial charge in [0.1, 0.15) is 5.76 Å². The molecule has 0 amide bonds. The van der Waals surface area contributed by atoms with Crippen molar-refractivity contribution < 1.29 is 4.42 Å². The van der Waals surface area contributed by atoms with Gasteiger partial charge in [0.05, 0.1) is 12.0 Å². The lowest BCUT2D eigenvalue weighted by Crippen LogP contribution is -2.20. The lowest BCUT2D eigenvalue weighted by atomic mass is 10.1. The van der Waals surface area contributed by atoms with Crippen LogP contribution in [-0.4, -0.2) is 39.1 Å². The Kier molecular flexibility index (Phi) is 6.03. The maximum atomic E-state index is 5.51. The third kappa shape index (κ3) is 4.84. The molecule has 176 valence electrons. The molecule has 0 aliphatic carbocycles. The Balaban J connectivity index is 1.15. The first-order valence-corrected chi connectivity index (χ1v) is 12.4. The summed E-state index contributed by atoms with van der Waals surface area (Å²) in [5, 5.41) is 8.11. The molecule has 6 rings (SSSR count). The Morgan fingerprint density at radius 2 is 1.63 bits per heavy atom. The molecule has 6 heteroatoms. The zero-order valence-electron chi connectivity index (χ0n) is 19.7. The van der Waals surface area contributed by atoms with E-state index in [1.807, 2.05) is 28.8 Å². The third-order valence-corrected chi connectivity index (χ3v) is 6.69. The van der Waals surface area contributed by atoms with E-state index in [1.165, 1.54) is 44.5 Å². The molecule has 1 aliphatic heterocycles. The first kappa shape index (κ1) is 21.6. The van der Waals surface area contributed by atoms with Crippen molar-refractivity contribution in [2.45, 2.75) is 25.7 Å². The number of likely N-dealkylation sites (tertiary alicyclic amines) is 1. The van der Waals surface area contributed by atoms with E-state index in [1.54, 1.807) is 6.26 Å². The van der Waals surface area contributed by atoms with E-state index in [9.17, 15) is 0 Å². The van der Waals surface area contributed by atoms with Crippen LogP contribution in [0.15, 0.2) is 89.5 Å². The quantitative estimate of drug-likeness (QED) is 0.287. The van der Waals surface area contributed by atoms with Crippen molar-refractivity contribution in [1.82, 2.24) is 19.5 Å². The van der Waals surface area contributed by atoms with Crippen LogP contribution < -0.4 is 5.32 Å². The van der Waals surface area contributed by atoms with Crippen molar-refractivity contribution >= 4 is 17.3 Å². The molecule has 35 heavy (non-hydrogen) atoms. The lowest BCUT2D eigenvalue weighted by Gasteiger charge is -2.14. The van der Waals surface area contributed by atoms with Gasteiger partial charge in [-0.25, -0.2) is 4.52 Å². The highest BCUT2D eigenvalue weighted by atomic mass is 16.3. The van der Waals surface area contributed by atoms with Crippen LogP contribution in [0.5, 0.6) is 0 Å². The van der Waals surface area contributed by atoms with Gasteiger partial charge in [0.15, 0.2) is 5.65 Å². The number of aromatic nitrogens is 3. The van der Waals surface area contributed by atoms with Gasteiger partial charge in [-0.2, -0.15) is 4.98 Å². The molecule has 1 aliphatic rings. The average molecular weight is 464 g/mol. The molecular weight excluding hydrogens is 434 g/mol. The molecule has 3 aromatic heterocycles. The maximum absolute atomic E-state index is 5.51. The normalized spacial score (nSPS) is 14.1. The average Bonchev–Trinajstić information content (AvgIpc) is 3.67. The maximum Gasteiger partial charge on any atom is 0.247 e. The number of benzene rings is 2. The third-order valence-electron chi connectivity index (χ3n) is 6.69. The van der Waals surface area contributed by atoms with Crippen molar-refractivity contribution in [3.8, 4) is 22.6 Å². The molecular formula is C29H29N5O. The van der Waals surface area contributed by atoms with Crippen LogP contribution >= 0.6 is 0 Å². The van der Waals surface area contributed by atoms with E-state index in [0.717, 1.165) is 40.3 Å². The van der Waals surface area contributed by atoms with E-state index in [0.29, 0.717) is 5.95 Å². The van der Waals surface area contributed by atoms with Gasteiger partial charge < -0.3 is 14.6 Å². The predicted molar refractivity (Wildman–Crippen MR) is 140 cm³/mol. The summed E-state index contributed by atoms with van der Waals surface area (Å²) in [4.78, 5) is 7.26. The summed E-state index contributed by atoms with van der Waals surface area (Å²) < 4.78 is 7.39. The molecule has 1 N–H and O–H groups in total. The smallest absolute Gasteiger partial charge is 0.247 e. The van der Waals surface area contributed by atoms with Crippen LogP contribution in [0, 0.1) is 0 Å². The number of aryl methyl sites for hydroxylation is 1. The van der Waals surface area contributed by atoms with E-state index < -0.39 is 0 Å². The number of pyridine rings is 1. The second-order valence-electron chi connectivity index (χ2n) is 9.15. The van der Waals surface area contributed by atoms with E-state index in [-0.39, 0.29) is 0 Å². The summed E-state index contributed by atoms with van der Waals surface area (Å²) in [5.74, 6) is 1.45. The molecule has 1 fully saturated rings. The topological polar surface area (TPSA) is 58.6 Å². The number of nitrogens with one attached hydrogen (secondary N) is 1. The molecule has 0 radical (unpaired) electrons. The van der Waals surface area contributed by atoms with Crippen LogP contribution in [-0.2, 0) is 6.42 Å². The van der Waals surface area contributed by atoms with E-state index in [2.05, 4.69) is 69.8 Å². The van der Waals surface area contributed by atoms with Gasteiger partial charge in [-0.3, -0.25) is 0 Å². The molecule has 0 saturated carbocycles. The largest absolute Gasteiger partial charge is 0.464 e. The zero-order valence-corrected chi connectivity index (χ0v) is 19.7. The lowest BCUT2D eigenvalue weighted by molar-refractivity contribution is 0.334. The number of rotatable bonds is 8. The Morgan fingerprint density at radius 3 is 2.40 bits per heavy atom. The van der Waals surface area contributed by atoms with Crippen molar-refractivity contribution in [2.24, 2.45) is 0 Å². The number of hydrogen-bond acceptors (Lipinski definition) is 5. The second kappa shape index (κ2) is 9.76. The van der Waals surface area contributed by atoms with Crippen LogP contribution in [0.1, 0.15) is 24.8 Å². The van der Waals surface area contributed by atoms with Crippen molar-refractivity contribution in [3.63, 3.8) is 0 Å². The zero-order chi connectivity index (χ0) is 23.5. The Bertz CT molecular complexity index is 1380. The van der Waals surface area contributed by atoms with Crippen LogP contribution in [0.4, 0.5) is 11.6 Å². The van der Waals surface area contributed by atoms with E-state index >= 15 is 0 Å². The minimum Gasteiger partial charge on any atom is -0.464 e. The highest BCUT2D eigenvalue weighted by Crippen LogP contribution is 2.26. The summed E-state index contributed by atoms with van der Waals surface area (Å²) in [6.07, 6.45) is 6.74. The molecule has 4 heterocycles. The first-order valence-electron chi connectivity index (χ1n) is 12.4. The summed E-state index contributed by atoms with van der Waals surface area (Å²) in [5.41, 5.74) is 6.28. The number of nitrogens with zero attached hydrogens (tertiary/aromatic N) is 4. The van der Waals surface area contributed by atoms with Crippen molar-refractivity contribution in [3.05, 3.63) is 90.7 Å². The monoisotopic (exact) mass is 463 g/mol. The minimum absolute atomic E-state index is 0.589. The SMILES string of the molecule is c1coc(-c2ccc(-c3cccc4nc(Nc5ccc(CCCN6CCCC6)cc5)nn34)cc2)c1. The number of fused-ring (bicyclic) bond motifs is 1. The van der Waals surface area contributed by atoms with Crippen LogP contribution in [0.3, 0.4) is 0 Å². The first-order chi connectivity index (χ1) is 17.3. The number of furan rings is 1. The van der Waals surface area contributed by atoms with Gasteiger partial charge in [-0.05, 0) is 87.3 Å². The molecule has 2 aromatic carbocycles. The number of anilines is 2. The molecule has 0 unspecified atom stereocenters. The predicted octanol–water partition coefficient (Wildman–Crippen LogP) is 6.43. The standard InChI is InChI=1S/C29H29N5O/c1-2-19-33(18-1)20-4-6-22-10-16-25(17-11-22)30-29-31-28-9-3-7-26(34(28)32-29)23-12-14-24(15-13-23)27-8-5-21-35-27/h3,5,7-17,21H,1-2,4,6,18-20H2,(H,30,32). The summed E-state index contributed by atoms with van der Waals surface area (Å²) >= 11 is 0. The fourth-order valence-electron chi connectivity index (χ4n) is 4.82. The summed E-state index contributed by atoms with van der Waals surface area (Å²) in [7, 11) is 0. The van der Waals surface area contributed by atoms with Crippen LogP contribution in [0.2, 0.25) is 0 Å². The highest BCUT2D eigenvalue weighted by molar-refractivity contribution is 5.68. The van der Waals surface area contributed by atoms with Gasteiger partial charge in [0.25, 0.3) is 0 Å². The van der Waals surface area contributed by atoms with Crippen molar-refractivity contribution in [1.29, 1.82) is 0 Å². The molecule has 5 aromatic rings. The molecule has 1 saturated heterocycles. The molecule has 0 spiro atoms.